The molecule has 48 heavy (non-hydrogen) atoms. The lowest BCUT2D eigenvalue weighted by Gasteiger charge is -2.26. The summed E-state index contributed by atoms with van der Waals surface area (Å²) in [5, 5.41) is 6.66. The number of benzene rings is 4. The minimum Gasteiger partial charge on any atom is -0.493 e. The molecule has 4 aromatic carbocycles. The van der Waals surface area contributed by atoms with Crippen LogP contribution in [0.5, 0.6) is 23.0 Å². The highest BCUT2D eigenvalue weighted by Gasteiger charge is 2.24. The lowest BCUT2D eigenvalue weighted by atomic mass is 10.0. The molecule has 0 radical (unpaired) electrons. The summed E-state index contributed by atoms with van der Waals surface area (Å²) in [7, 11) is 6.15. The number of methoxy groups -OCH3 is 4. The number of anilines is 2. The van der Waals surface area contributed by atoms with Crippen LogP contribution in [0.1, 0.15) is 37.6 Å². The fraction of sp³-hybridized carbons (Fsp3) is 0.243. The normalized spacial score (nSPS) is 12.7. The molecule has 0 saturated carbocycles. The Morgan fingerprint density at radius 2 is 1.50 bits per heavy atom. The second-order valence-electron chi connectivity index (χ2n) is 11.4. The van der Waals surface area contributed by atoms with E-state index >= 15 is 0 Å². The molecule has 2 amide bonds. The van der Waals surface area contributed by atoms with Gasteiger partial charge < -0.3 is 34.0 Å². The van der Waals surface area contributed by atoms with Gasteiger partial charge in [-0.3, -0.25) is 14.5 Å². The fourth-order valence-electron chi connectivity index (χ4n) is 5.90. The average molecular weight is 654 g/mol. The van der Waals surface area contributed by atoms with Crippen molar-refractivity contribution in [2.75, 3.05) is 52.2 Å². The van der Waals surface area contributed by atoms with E-state index < -0.39 is 17.6 Å². The zero-order valence-corrected chi connectivity index (χ0v) is 27.1. The zero-order valence-electron chi connectivity index (χ0n) is 27.1. The van der Waals surface area contributed by atoms with Crippen LogP contribution in [0.3, 0.4) is 0 Å². The molecule has 6 rings (SSSR count). The average Bonchev–Trinajstić information content (AvgIpc) is 3.46. The van der Waals surface area contributed by atoms with Crippen molar-refractivity contribution in [3.63, 3.8) is 0 Å². The van der Waals surface area contributed by atoms with E-state index in [0.717, 1.165) is 54.3 Å². The number of carbonyl (C=O) groups is 2. The molecule has 11 heteroatoms. The van der Waals surface area contributed by atoms with Crippen molar-refractivity contribution < 1.29 is 37.3 Å². The Morgan fingerprint density at radius 3 is 2.21 bits per heavy atom. The number of rotatable bonds is 11. The summed E-state index contributed by atoms with van der Waals surface area (Å²) >= 11 is 0. The van der Waals surface area contributed by atoms with Crippen LogP contribution >= 0.6 is 0 Å². The first-order valence-electron chi connectivity index (χ1n) is 15.4. The molecule has 2 heterocycles. The summed E-state index contributed by atoms with van der Waals surface area (Å²) in [6.45, 7) is 2.47. The first kappa shape index (κ1) is 32.4. The van der Waals surface area contributed by atoms with Gasteiger partial charge in [0.15, 0.2) is 23.0 Å². The number of ether oxygens (including phenoxy) is 4. The Balaban J connectivity index is 1.11. The third kappa shape index (κ3) is 6.77. The predicted molar refractivity (Wildman–Crippen MR) is 180 cm³/mol. The Morgan fingerprint density at radius 1 is 0.812 bits per heavy atom. The highest BCUT2D eigenvalue weighted by molar-refractivity contribution is 6.13. The molecule has 0 spiro atoms. The maximum absolute atomic E-state index is 13.7. The molecule has 2 N–H and O–H groups in total. The second-order valence-corrected chi connectivity index (χ2v) is 11.4. The van der Waals surface area contributed by atoms with E-state index in [1.807, 2.05) is 36.4 Å². The molecule has 0 unspecified atom stereocenters. The summed E-state index contributed by atoms with van der Waals surface area (Å²) in [6, 6.07) is 19.8. The van der Waals surface area contributed by atoms with Crippen LogP contribution in [-0.4, -0.2) is 58.2 Å². The molecule has 0 bridgehead atoms. The summed E-state index contributed by atoms with van der Waals surface area (Å²) in [4.78, 5) is 28.8. The van der Waals surface area contributed by atoms with Gasteiger partial charge in [-0.25, -0.2) is 4.39 Å². The monoisotopic (exact) mass is 653 g/mol. The molecule has 0 saturated heterocycles. The number of hydrogen-bond acceptors (Lipinski definition) is 8. The van der Waals surface area contributed by atoms with E-state index in [9.17, 15) is 14.0 Å². The van der Waals surface area contributed by atoms with Gasteiger partial charge in [0.1, 0.15) is 17.2 Å². The molecule has 0 aliphatic carbocycles. The Labute approximate surface area is 277 Å². The van der Waals surface area contributed by atoms with E-state index in [4.69, 9.17) is 23.4 Å². The maximum atomic E-state index is 13.7. The van der Waals surface area contributed by atoms with Gasteiger partial charge in [0.25, 0.3) is 11.8 Å². The topological polar surface area (TPSA) is 112 Å². The molecule has 0 atom stereocenters. The number of amides is 2. The summed E-state index contributed by atoms with van der Waals surface area (Å²) in [5.74, 6) is 1.33. The minimum absolute atomic E-state index is 0.107. The van der Waals surface area contributed by atoms with E-state index in [0.29, 0.717) is 35.2 Å². The van der Waals surface area contributed by atoms with Crippen LogP contribution in [0.25, 0.3) is 11.0 Å². The minimum atomic E-state index is -0.578. The van der Waals surface area contributed by atoms with Gasteiger partial charge in [-0.05, 0) is 60.9 Å². The standard InChI is InChI=1S/C37H36FN3O7/c1-44-31-17-27-26-13-15-41(21-35(26)48-30(27)20-34(31)47-4)14-12-22-8-10-25(11-9-22)39-37(43)28-18-32(45-2)33(46-3)19-29(28)40-36(42)23-6-5-7-24(38)16-23/h5-11,16-20H,12-15,21H2,1-4H3,(H,39,43)(H,40,42). The quantitative estimate of drug-likeness (QED) is 0.162. The van der Waals surface area contributed by atoms with Crippen LogP contribution in [-0.2, 0) is 19.4 Å². The van der Waals surface area contributed by atoms with Gasteiger partial charge in [-0.2, -0.15) is 0 Å². The third-order valence-electron chi connectivity index (χ3n) is 8.46. The third-order valence-corrected chi connectivity index (χ3v) is 8.46. The van der Waals surface area contributed by atoms with Crippen molar-refractivity contribution in [2.24, 2.45) is 0 Å². The molecular weight excluding hydrogens is 617 g/mol. The highest BCUT2D eigenvalue weighted by atomic mass is 19.1. The van der Waals surface area contributed by atoms with Gasteiger partial charge in [0.05, 0.1) is 46.2 Å². The number of hydrogen-bond donors (Lipinski definition) is 2. The van der Waals surface area contributed by atoms with Crippen molar-refractivity contribution in [1.82, 2.24) is 4.90 Å². The van der Waals surface area contributed by atoms with E-state index in [1.54, 1.807) is 14.2 Å². The molecule has 5 aromatic rings. The first-order valence-corrected chi connectivity index (χ1v) is 15.4. The molecule has 1 aliphatic heterocycles. The van der Waals surface area contributed by atoms with Crippen molar-refractivity contribution in [2.45, 2.75) is 19.4 Å². The van der Waals surface area contributed by atoms with Crippen molar-refractivity contribution in [3.05, 3.63) is 107 Å². The lowest BCUT2D eigenvalue weighted by Crippen LogP contribution is -2.31. The number of nitrogens with one attached hydrogen (secondary N) is 2. The van der Waals surface area contributed by atoms with Crippen LogP contribution in [0.15, 0.2) is 77.2 Å². The number of fused-ring (bicyclic) bond motifs is 3. The summed E-state index contributed by atoms with van der Waals surface area (Å²) < 4.78 is 41.7. The molecule has 1 aliphatic rings. The van der Waals surface area contributed by atoms with E-state index in [1.165, 1.54) is 50.1 Å². The molecule has 10 nitrogen and oxygen atoms in total. The fourth-order valence-corrected chi connectivity index (χ4v) is 5.90. The van der Waals surface area contributed by atoms with Crippen molar-refractivity contribution in [3.8, 4) is 23.0 Å². The zero-order chi connectivity index (χ0) is 33.8. The Bertz CT molecular complexity index is 1970. The van der Waals surface area contributed by atoms with Gasteiger partial charge in [-0.15, -0.1) is 0 Å². The van der Waals surface area contributed by atoms with Gasteiger partial charge in [0, 0.05) is 47.4 Å². The van der Waals surface area contributed by atoms with Crippen LogP contribution < -0.4 is 29.6 Å². The number of halogens is 1. The molecule has 248 valence electrons. The number of furan rings is 1. The van der Waals surface area contributed by atoms with E-state index in [-0.39, 0.29) is 16.8 Å². The molecule has 0 fully saturated rings. The second kappa shape index (κ2) is 14.1. The number of nitrogens with zero attached hydrogens (tertiary/aromatic N) is 1. The summed E-state index contributed by atoms with van der Waals surface area (Å²) in [5.41, 5.74) is 4.15. The van der Waals surface area contributed by atoms with Crippen LogP contribution in [0.4, 0.5) is 15.8 Å². The Kier molecular flexibility index (Phi) is 9.49. The SMILES string of the molecule is COc1cc(NC(=O)c2cccc(F)c2)c(C(=O)Nc2ccc(CCN3CCc4c(oc5cc(OC)c(OC)cc45)C3)cc2)cc1OC. The largest absolute Gasteiger partial charge is 0.493 e. The maximum Gasteiger partial charge on any atom is 0.257 e. The molecule has 1 aromatic heterocycles. The van der Waals surface area contributed by atoms with Gasteiger partial charge in [0.2, 0.25) is 0 Å². The first-order chi connectivity index (χ1) is 23.3. The van der Waals surface area contributed by atoms with Gasteiger partial charge in [-0.1, -0.05) is 18.2 Å². The van der Waals surface area contributed by atoms with Crippen molar-refractivity contribution >= 4 is 34.2 Å². The predicted octanol–water partition coefficient (Wildman–Crippen LogP) is 6.71. The van der Waals surface area contributed by atoms with Crippen LogP contribution in [0, 0.1) is 5.82 Å². The Hall–Kier alpha value is -5.55. The summed E-state index contributed by atoms with van der Waals surface area (Å²) in [6.07, 6.45) is 1.70. The van der Waals surface area contributed by atoms with Crippen molar-refractivity contribution in [1.29, 1.82) is 0 Å². The van der Waals surface area contributed by atoms with Crippen LogP contribution in [0.2, 0.25) is 0 Å². The number of carbonyl (C=O) groups excluding carboxylic acids is 2. The smallest absolute Gasteiger partial charge is 0.257 e. The lowest BCUT2D eigenvalue weighted by molar-refractivity contribution is 0.102. The van der Waals surface area contributed by atoms with Gasteiger partial charge >= 0.3 is 0 Å². The molecular formula is C37H36FN3O7. The highest BCUT2D eigenvalue weighted by Crippen LogP contribution is 2.38. The van der Waals surface area contributed by atoms with E-state index in [2.05, 4.69) is 15.5 Å².